The summed E-state index contributed by atoms with van der Waals surface area (Å²) in [6.45, 7) is 8.92. The first-order valence-corrected chi connectivity index (χ1v) is 18.2. The largest absolute Gasteiger partial charge is 0.497 e. The maximum absolute atomic E-state index is 14.2. The molecule has 3 aliphatic heterocycles. The predicted octanol–water partition coefficient (Wildman–Crippen LogP) is 5.03. The van der Waals surface area contributed by atoms with Gasteiger partial charge < -0.3 is 24.0 Å². The number of piperidine rings is 2. The van der Waals surface area contributed by atoms with E-state index in [0.717, 1.165) is 44.5 Å². The summed E-state index contributed by atoms with van der Waals surface area (Å²) in [5, 5.41) is 0. The number of carbonyl (C=O) groups excluding carboxylic acids is 1. The highest BCUT2D eigenvalue weighted by molar-refractivity contribution is 7.89. The minimum absolute atomic E-state index is 0.0566. The number of halogens is 1. The lowest BCUT2D eigenvalue weighted by atomic mass is 9.84. The van der Waals surface area contributed by atoms with Crippen molar-refractivity contribution in [1.82, 2.24) is 14.1 Å². The number of sulfonamides is 1. The van der Waals surface area contributed by atoms with Crippen molar-refractivity contribution in [3.8, 4) is 5.75 Å². The minimum atomic E-state index is -3.71. The van der Waals surface area contributed by atoms with Gasteiger partial charge in [0.25, 0.3) is 0 Å². The lowest BCUT2D eigenvalue weighted by molar-refractivity contribution is -0.144. The van der Waals surface area contributed by atoms with Crippen LogP contribution in [0.25, 0.3) is 0 Å². The fourth-order valence-corrected chi connectivity index (χ4v) is 9.52. The van der Waals surface area contributed by atoms with E-state index < -0.39 is 15.6 Å². The molecule has 0 saturated carbocycles. The third-order valence-electron chi connectivity index (χ3n) is 9.89. The van der Waals surface area contributed by atoms with E-state index in [-0.39, 0.29) is 24.4 Å². The molecule has 0 aromatic heterocycles. The summed E-state index contributed by atoms with van der Waals surface area (Å²) in [6.07, 6.45) is 6.66. The molecule has 0 spiro atoms. The molecule has 46 heavy (non-hydrogen) atoms. The van der Waals surface area contributed by atoms with Crippen LogP contribution in [0.15, 0.2) is 41.3 Å². The number of rotatable bonds is 13. The van der Waals surface area contributed by atoms with Gasteiger partial charge in [-0.2, -0.15) is 4.31 Å². The van der Waals surface area contributed by atoms with Crippen molar-refractivity contribution in [3.05, 3.63) is 58.9 Å². The zero-order chi connectivity index (χ0) is 32.7. The van der Waals surface area contributed by atoms with Gasteiger partial charge in [0.15, 0.2) is 0 Å². The minimum Gasteiger partial charge on any atom is -0.497 e. The summed E-state index contributed by atoms with van der Waals surface area (Å²) in [6, 6.07) is 9.98. The fourth-order valence-electron chi connectivity index (χ4n) is 7.38. The molecule has 1 atom stereocenters. The van der Waals surface area contributed by atoms with Gasteiger partial charge in [0.1, 0.15) is 18.2 Å². The number of amides is 1. The number of likely N-dealkylation sites (tertiary alicyclic amines) is 2. The van der Waals surface area contributed by atoms with E-state index in [1.54, 1.807) is 54.4 Å². The number of benzene rings is 2. The van der Waals surface area contributed by atoms with Gasteiger partial charge in [-0.3, -0.25) is 4.79 Å². The molecule has 5 rings (SSSR count). The zero-order valence-corrected chi connectivity index (χ0v) is 28.5. The van der Waals surface area contributed by atoms with Gasteiger partial charge in [-0.1, -0.05) is 18.6 Å². The van der Waals surface area contributed by atoms with E-state index >= 15 is 0 Å². The smallest absolute Gasteiger partial charge is 0.248 e. The molecule has 2 aromatic carbocycles. The molecule has 9 nitrogen and oxygen atoms in total. The maximum Gasteiger partial charge on any atom is 0.248 e. The SMILES string of the molecule is COc1cc(C)c(S(=O)(=O)N2CCCCC2CCOCC(=O)N2CCC(OCCN3CCCC3)(c3cccc(F)c3)CC2)c(C)c1. The number of carbonyl (C=O) groups is 1. The van der Waals surface area contributed by atoms with Gasteiger partial charge in [0, 0.05) is 38.8 Å². The van der Waals surface area contributed by atoms with Crippen molar-refractivity contribution in [1.29, 1.82) is 0 Å². The van der Waals surface area contributed by atoms with Crippen molar-refractivity contribution in [3.63, 3.8) is 0 Å². The summed E-state index contributed by atoms with van der Waals surface area (Å²) in [5.41, 5.74) is 1.53. The van der Waals surface area contributed by atoms with Crippen LogP contribution in [0, 0.1) is 19.7 Å². The Kier molecular flexibility index (Phi) is 11.8. The molecule has 2 aromatic rings. The second-order valence-corrected chi connectivity index (χ2v) is 14.8. The topological polar surface area (TPSA) is 88.6 Å². The van der Waals surface area contributed by atoms with Gasteiger partial charge in [-0.25, -0.2) is 12.8 Å². The summed E-state index contributed by atoms with van der Waals surface area (Å²) in [4.78, 5) is 17.7. The monoisotopic (exact) mass is 659 g/mol. The Morgan fingerprint density at radius 3 is 2.33 bits per heavy atom. The highest BCUT2D eigenvalue weighted by Gasteiger charge is 2.39. The summed E-state index contributed by atoms with van der Waals surface area (Å²) >= 11 is 0. The number of aryl methyl sites for hydroxylation is 2. The van der Waals surface area contributed by atoms with Crippen LogP contribution in [-0.4, -0.2) is 101 Å². The zero-order valence-electron chi connectivity index (χ0n) is 27.6. The van der Waals surface area contributed by atoms with E-state index in [9.17, 15) is 17.6 Å². The first-order chi connectivity index (χ1) is 22.1. The fraction of sp³-hybridized carbons (Fsp3) is 0.629. The molecular formula is C35H50FN3O6S. The third kappa shape index (κ3) is 8.10. The van der Waals surface area contributed by atoms with Gasteiger partial charge >= 0.3 is 0 Å². The van der Waals surface area contributed by atoms with Crippen LogP contribution in [0.1, 0.15) is 68.1 Å². The van der Waals surface area contributed by atoms with Crippen molar-refractivity contribution >= 4 is 15.9 Å². The van der Waals surface area contributed by atoms with Crippen molar-refractivity contribution in [2.24, 2.45) is 0 Å². The van der Waals surface area contributed by atoms with E-state index in [2.05, 4.69) is 4.90 Å². The number of hydrogen-bond donors (Lipinski definition) is 0. The molecule has 11 heteroatoms. The average Bonchev–Trinajstić information content (AvgIpc) is 3.56. The molecule has 3 aliphatic rings. The second kappa shape index (κ2) is 15.6. The van der Waals surface area contributed by atoms with E-state index in [1.165, 1.54) is 18.9 Å². The van der Waals surface area contributed by atoms with E-state index in [1.807, 2.05) is 6.07 Å². The maximum atomic E-state index is 14.2. The predicted molar refractivity (Wildman–Crippen MR) is 175 cm³/mol. The molecule has 0 radical (unpaired) electrons. The van der Waals surface area contributed by atoms with Crippen LogP contribution < -0.4 is 4.74 Å². The molecule has 0 aliphatic carbocycles. The van der Waals surface area contributed by atoms with E-state index in [0.29, 0.717) is 73.9 Å². The first-order valence-electron chi connectivity index (χ1n) is 16.8. The molecule has 3 fully saturated rings. The third-order valence-corrected chi connectivity index (χ3v) is 12.1. The highest BCUT2D eigenvalue weighted by atomic mass is 32.2. The molecule has 0 bridgehead atoms. The Bertz CT molecular complexity index is 1420. The number of nitrogens with zero attached hydrogens (tertiary/aromatic N) is 3. The number of hydrogen-bond acceptors (Lipinski definition) is 7. The molecule has 254 valence electrons. The highest BCUT2D eigenvalue weighted by Crippen LogP contribution is 2.37. The molecule has 0 N–H and O–H groups in total. The van der Waals surface area contributed by atoms with Crippen LogP contribution in [0.2, 0.25) is 0 Å². The number of methoxy groups -OCH3 is 1. The molecule has 1 unspecified atom stereocenters. The van der Waals surface area contributed by atoms with Crippen LogP contribution in [0.4, 0.5) is 4.39 Å². The second-order valence-electron chi connectivity index (χ2n) is 13.0. The van der Waals surface area contributed by atoms with Crippen LogP contribution in [0.3, 0.4) is 0 Å². The van der Waals surface area contributed by atoms with Crippen LogP contribution in [-0.2, 0) is 29.9 Å². The summed E-state index contributed by atoms with van der Waals surface area (Å²) in [5.74, 6) is 0.258. The Hall–Kier alpha value is -2.57. The van der Waals surface area contributed by atoms with Crippen LogP contribution in [0.5, 0.6) is 5.75 Å². The Morgan fingerprint density at radius 1 is 0.957 bits per heavy atom. The first kappa shape index (κ1) is 34.8. The normalized spacial score (nSPS) is 21.0. The summed E-state index contributed by atoms with van der Waals surface area (Å²) < 4.78 is 61.2. The number of ether oxygens (including phenoxy) is 3. The van der Waals surface area contributed by atoms with Crippen molar-refractivity contribution in [2.45, 2.75) is 81.8 Å². The van der Waals surface area contributed by atoms with Crippen LogP contribution >= 0.6 is 0 Å². The van der Waals surface area contributed by atoms with Gasteiger partial charge in [-0.15, -0.1) is 0 Å². The standard InChI is InChI=1S/C35H50FN3O6S/c1-27-23-32(43-3)24-28(2)34(27)46(41,42)39-17-5-4-11-31(39)12-21-44-26-33(40)38-18-13-35(14-19-38,29-9-8-10-30(36)25-29)45-22-20-37-15-6-7-16-37/h8-10,23-25,31H,4-7,11-22,26H2,1-3H3. The van der Waals surface area contributed by atoms with Crippen molar-refractivity contribution < 1.29 is 31.8 Å². The average molecular weight is 660 g/mol. The Balaban J connectivity index is 1.13. The lowest BCUT2D eigenvalue weighted by Gasteiger charge is -2.42. The molecule has 3 saturated heterocycles. The lowest BCUT2D eigenvalue weighted by Crippen LogP contribution is -2.48. The molecule has 1 amide bonds. The van der Waals surface area contributed by atoms with Gasteiger partial charge in [-0.05, 0) is 113 Å². The molecule has 3 heterocycles. The summed E-state index contributed by atoms with van der Waals surface area (Å²) in [7, 11) is -2.13. The van der Waals surface area contributed by atoms with Crippen molar-refractivity contribution in [2.75, 3.05) is 66.2 Å². The van der Waals surface area contributed by atoms with Gasteiger partial charge in [0.2, 0.25) is 15.9 Å². The Morgan fingerprint density at radius 2 is 1.65 bits per heavy atom. The van der Waals surface area contributed by atoms with Gasteiger partial charge in [0.05, 0.1) is 24.2 Å². The van der Waals surface area contributed by atoms with E-state index in [4.69, 9.17) is 14.2 Å². The molecular weight excluding hydrogens is 609 g/mol. The Labute approximate surface area is 274 Å². The quantitative estimate of drug-likeness (QED) is 0.279.